The molecule has 0 aromatic heterocycles. The van der Waals surface area contributed by atoms with Crippen molar-refractivity contribution in [1.82, 2.24) is 4.90 Å². The molecule has 0 saturated heterocycles. The van der Waals surface area contributed by atoms with E-state index in [0.29, 0.717) is 5.70 Å². The lowest BCUT2D eigenvalue weighted by Gasteiger charge is -2.35. The molecule has 0 aromatic carbocycles. The Balaban J connectivity index is 2.42. The highest BCUT2D eigenvalue weighted by Crippen LogP contribution is 2.39. The van der Waals surface area contributed by atoms with Gasteiger partial charge in [0.15, 0.2) is 0 Å². The van der Waals surface area contributed by atoms with Crippen LogP contribution in [-0.4, -0.2) is 68.1 Å². The lowest BCUT2D eigenvalue weighted by Crippen LogP contribution is -2.52. The van der Waals surface area contributed by atoms with E-state index in [1.807, 2.05) is 13.0 Å². The average Bonchev–Trinajstić information content (AvgIpc) is 2.75. The zero-order valence-electron chi connectivity index (χ0n) is 19.6. The maximum atomic E-state index is 13.3. The summed E-state index contributed by atoms with van der Waals surface area (Å²) in [6.45, 7) is 3.91. The van der Waals surface area contributed by atoms with E-state index in [4.69, 9.17) is 16.3 Å². The highest BCUT2D eigenvalue weighted by Gasteiger charge is 2.52. The van der Waals surface area contributed by atoms with Crippen LogP contribution in [0.15, 0.2) is 70.6 Å². The van der Waals surface area contributed by atoms with Crippen molar-refractivity contribution in [3.63, 3.8) is 0 Å². The Morgan fingerprint density at radius 3 is 2.43 bits per heavy atom. The molecule has 1 heterocycles. The number of nitrogens with zero attached hydrogens (tertiary/aromatic N) is 1. The molecule has 9 nitrogen and oxygen atoms in total. The number of Topliss-reactive ketones (excluding diaryl/α,β-unsaturated/α-hetero) is 2. The Morgan fingerprint density at radius 1 is 1.17 bits per heavy atom. The Kier molecular flexibility index (Phi) is 9.53. The number of allylic oxidation sites excluding steroid dienone is 8. The molecule has 0 bridgehead atoms. The summed E-state index contributed by atoms with van der Waals surface area (Å²) < 4.78 is 5.20. The van der Waals surface area contributed by atoms with Gasteiger partial charge in [0, 0.05) is 23.0 Å². The van der Waals surface area contributed by atoms with Crippen LogP contribution >= 0.6 is 11.6 Å². The number of fused-ring (bicyclic) bond motifs is 1. The van der Waals surface area contributed by atoms with Gasteiger partial charge in [-0.25, -0.2) is 0 Å². The number of carbonyl (C=O) groups excluding carboxylic acids is 3. The fraction of sp³-hybridized carbons (Fsp3) is 0.360. The van der Waals surface area contributed by atoms with Crippen molar-refractivity contribution in [1.29, 1.82) is 0 Å². The second-order valence-electron chi connectivity index (χ2n) is 8.24. The summed E-state index contributed by atoms with van der Waals surface area (Å²) in [5, 5.41) is 28.2. The number of hydrogen-bond acceptors (Lipinski definition) is 8. The number of aliphatic hydroxyl groups is 2. The number of hydrogen-bond donors (Lipinski definition) is 3. The molecule has 1 aliphatic heterocycles. The summed E-state index contributed by atoms with van der Waals surface area (Å²) >= 11 is 6.31. The number of esters is 1. The smallest absolute Gasteiger partial charge is 0.323 e. The van der Waals surface area contributed by atoms with Gasteiger partial charge in [-0.15, -0.1) is 0 Å². The molecule has 10 heteroatoms. The predicted octanol–water partition coefficient (Wildman–Crippen LogP) is 2.31. The van der Waals surface area contributed by atoms with Gasteiger partial charge in [0.25, 0.3) is 0 Å². The van der Waals surface area contributed by atoms with Gasteiger partial charge in [-0.2, -0.15) is 0 Å². The van der Waals surface area contributed by atoms with E-state index in [1.165, 1.54) is 24.1 Å². The first-order chi connectivity index (χ1) is 16.4. The fourth-order valence-corrected chi connectivity index (χ4v) is 3.85. The predicted molar refractivity (Wildman–Crippen MR) is 128 cm³/mol. The molecule has 0 amide bonds. The van der Waals surface area contributed by atoms with Crippen LogP contribution in [0.25, 0.3) is 0 Å². The van der Waals surface area contributed by atoms with Crippen molar-refractivity contribution < 1.29 is 39.2 Å². The third-order valence-electron chi connectivity index (χ3n) is 5.18. The Morgan fingerprint density at radius 2 is 1.83 bits per heavy atom. The molecule has 0 fully saturated rings. The third-order valence-corrected chi connectivity index (χ3v) is 5.55. The normalized spacial score (nSPS) is 22.5. The van der Waals surface area contributed by atoms with Crippen LogP contribution in [0.2, 0.25) is 0 Å². The second kappa shape index (κ2) is 11.9. The van der Waals surface area contributed by atoms with Crippen LogP contribution in [0.1, 0.15) is 33.6 Å². The van der Waals surface area contributed by atoms with Crippen molar-refractivity contribution in [3.05, 3.63) is 70.6 Å². The molecule has 0 saturated carbocycles. The molecule has 1 aliphatic carbocycles. The lowest BCUT2D eigenvalue weighted by molar-refractivity contribution is -0.170. The molecular weight excluding hydrogens is 478 g/mol. The van der Waals surface area contributed by atoms with Crippen molar-refractivity contribution >= 4 is 35.1 Å². The third kappa shape index (κ3) is 6.88. The lowest BCUT2D eigenvalue weighted by atomic mass is 9.79. The summed E-state index contributed by atoms with van der Waals surface area (Å²) in [6.07, 6.45) is 10.3. The Bertz CT molecular complexity index is 1080. The zero-order valence-corrected chi connectivity index (χ0v) is 20.4. The number of carboxylic acid groups (broad SMARTS) is 1. The van der Waals surface area contributed by atoms with Crippen LogP contribution in [0.4, 0.5) is 0 Å². The molecule has 0 radical (unpaired) electrons. The van der Waals surface area contributed by atoms with E-state index < -0.39 is 54.3 Å². The summed E-state index contributed by atoms with van der Waals surface area (Å²) in [6, 6.07) is 0. The first-order valence-corrected chi connectivity index (χ1v) is 11.2. The molecule has 3 N–H and O–H groups in total. The SMILES string of the molecule is C/C=C/C=C/C=C/C1=CC2=C(Cl)C(=O)C(C)(OC(=O)CC(O)CC(C)O)C(=O)C2=CN1CC(=O)O. The van der Waals surface area contributed by atoms with Gasteiger partial charge in [0.2, 0.25) is 17.2 Å². The zero-order chi connectivity index (χ0) is 26.3. The summed E-state index contributed by atoms with van der Waals surface area (Å²) in [5.41, 5.74) is -1.92. The number of carbonyl (C=O) groups is 4. The number of aliphatic hydroxyl groups excluding tert-OH is 2. The number of rotatable bonds is 10. The van der Waals surface area contributed by atoms with E-state index in [9.17, 15) is 34.5 Å². The van der Waals surface area contributed by atoms with E-state index >= 15 is 0 Å². The van der Waals surface area contributed by atoms with Gasteiger partial charge < -0.3 is 25.0 Å². The highest BCUT2D eigenvalue weighted by atomic mass is 35.5. The van der Waals surface area contributed by atoms with Gasteiger partial charge >= 0.3 is 11.9 Å². The fourth-order valence-electron chi connectivity index (χ4n) is 3.51. The van der Waals surface area contributed by atoms with Crippen LogP contribution in [0.3, 0.4) is 0 Å². The van der Waals surface area contributed by atoms with Crippen LogP contribution < -0.4 is 0 Å². The minimum absolute atomic E-state index is 0.0858. The van der Waals surface area contributed by atoms with Gasteiger partial charge in [-0.05, 0) is 39.3 Å². The number of ketones is 2. The molecule has 35 heavy (non-hydrogen) atoms. The van der Waals surface area contributed by atoms with Crippen molar-refractivity contribution in [2.45, 2.75) is 51.4 Å². The van der Waals surface area contributed by atoms with Crippen molar-refractivity contribution in [3.8, 4) is 0 Å². The van der Waals surface area contributed by atoms with E-state index in [2.05, 4.69) is 0 Å². The first-order valence-electron chi connectivity index (χ1n) is 10.9. The number of carboxylic acids is 1. The highest BCUT2D eigenvalue weighted by molar-refractivity contribution is 6.49. The summed E-state index contributed by atoms with van der Waals surface area (Å²) in [7, 11) is 0. The van der Waals surface area contributed by atoms with Crippen molar-refractivity contribution in [2.75, 3.05) is 6.54 Å². The quantitative estimate of drug-likeness (QED) is 0.231. The molecule has 188 valence electrons. The van der Waals surface area contributed by atoms with E-state index in [1.54, 1.807) is 30.4 Å². The maximum Gasteiger partial charge on any atom is 0.323 e. The van der Waals surface area contributed by atoms with Gasteiger partial charge in [-0.1, -0.05) is 42.0 Å². The van der Waals surface area contributed by atoms with Crippen molar-refractivity contribution in [2.24, 2.45) is 0 Å². The number of ether oxygens (including phenoxy) is 1. The second-order valence-corrected chi connectivity index (χ2v) is 8.62. The Hall–Kier alpha value is -3.27. The van der Waals surface area contributed by atoms with Gasteiger partial charge in [-0.3, -0.25) is 19.2 Å². The number of halogens is 1. The van der Waals surface area contributed by atoms with Gasteiger partial charge in [0.1, 0.15) is 6.54 Å². The topological polar surface area (TPSA) is 141 Å². The standard InChI is InChI=1S/C25H28ClNO8/c1-4-5-6-7-8-9-16-11-18-19(13-27(16)14-20(30)31)23(33)25(3,24(34)22(18)26)35-21(32)12-17(29)10-15(2)28/h4-9,11,13,15,17,28-29H,10,12,14H2,1-3H3,(H,30,31)/b5-4+,7-6+,9-8+. The molecule has 2 rings (SSSR count). The molecule has 3 atom stereocenters. The first kappa shape index (κ1) is 28.0. The minimum atomic E-state index is -2.29. The van der Waals surface area contributed by atoms with Crippen LogP contribution in [-0.2, 0) is 23.9 Å². The molecule has 0 aromatic rings. The molecule has 2 aliphatic rings. The monoisotopic (exact) mass is 505 g/mol. The summed E-state index contributed by atoms with van der Waals surface area (Å²) in [4.78, 5) is 51.4. The van der Waals surface area contributed by atoms with E-state index in [0.717, 1.165) is 6.92 Å². The minimum Gasteiger partial charge on any atom is -0.480 e. The van der Waals surface area contributed by atoms with Gasteiger partial charge in [0.05, 0.1) is 23.7 Å². The molecule has 0 spiro atoms. The molecular formula is C25H28ClNO8. The molecule has 3 unspecified atom stereocenters. The summed E-state index contributed by atoms with van der Waals surface area (Å²) in [5.74, 6) is -4.00. The largest absolute Gasteiger partial charge is 0.480 e. The average molecular weight is 506 g/mol. The maximum absolute atomic E-state index is 13.3. The Labute approximate surface area is 208 Å². The van der Waals surface area contributed by atoms with E-state index in [-0.39, 0.29) is 22.6 Å². The number of aliphatic carboxylic acids is 1. The van der Waals surface area contributed by atoms with Crippen LogP contribution in [0.5, 0.6) is 0 Å². The van der Waals surface area contributed by atoms with Crippen LogP contribution in [0, 0.1) is 0 Å².